The first-order valence-electron chi connectivity index (χ1n) is 5.75. The zero-order valence-electron chi connectivity index (χ0n) is 10.5. The molecule has 2 aromatic heterocycles. The van der Waals surface area contributed by atoms with Gasteiger partial charge in [-0.25, -0.2) is 4.98 Å². The summed E-state index contributed by atoms with van der Waals surface area (Å²) in [6, 6.07) is 5.50. The van der Waals surface area contributed by atoms with Crippen LogP contribution < -0.4 is 10.3 Å². The van der Waals surface area contributed by atoms with Crippen molar-refractivity contribution in [3.8, 4) is 11.4 Å². The summed E-state index contributed by atoms with van der Waals surface area (Å²) in [5.74, 6) is 0.408. The van der Waals surface area contributed by atoms with Crippen LogP contribution in [0, 0.1) is 0 Å². The van der Waals surface area contributed by atoms with Gasteiger partial charge in [-0.1, -0.05) is 0 Å². The molecule has 3 aromatic rings. The molecule has 0 aliphatic heterocycles. The fourth-order valence-corrected chi connectivity index (χ4v) is 1.90. The first-order valence-corrected chi connectivity index (χ1v) is 5.75. The quantitative estimate of drug-likeness (QED) is 0.754. The van der Waals surface area contributed by atoms with Gasteiger partial charge in [0.25, 0.3) is 0 Å². The number of anilines is 1. The maximum atomic E-state index is 12.4. The number of hydrogen-bond donors (Lipinski definition) is 1. The van der Waals surface area contributed by atoms with Gasteiger partial charge in [-0.3, -0.25) is 9.89 Å². The SMILES string of the molecule is CN(C)c1ccc2occ(-c3ncn[nH]3)c(=O)c2c1. The van der Waals surface area contributed by atoms with E-state index in [9.17, 15) is 4.79 Å². The molecule has 0 fully saturated rings. The van der Waals surface area contributed by atoms with Crippen molar-refractivity contribution in [2.75, 3.05) is 19.0 Å². The lowest BCUT2D eigenvalue weighted by atomic mass is 10.1. The Balaban J connectivity index is 2.28. The Hall–Kier alpha value is -2.63. The van der Waals surface area contributed by atoms with Gasteiger partial charge in [0.15, 0.2) is 5.82 Å². The highest BCUT2D eigenvalue weighted by molar-refractivity contribution is 5.83. The second-order valence-electron chi connectivity index (χ2n) is 4.39. The van der Waals surface area contributed by atoms with E-state index in [0.29, 0.717) is 22.4 Å². The van der Waals surface area contributed by atoms with Crippen LogP contribution in [0.2, 0.25) is 0 Å². The van der Waals surface area contributed by atoms with Crippen molar-refractivity contribution >= 4 is 16.7 Å². The normalized spacial score (nSPS) is 10.8. The number of aromatic amines is 1. The van der Waals surface area contributed by atoms with E-state index in [-0.39, 0.29) is 5.43 Å². The molecule has 96 valence electrons. The molecule has 0 aliphatic rings. The molecule has 0 amide bonds. The molecule has 0 saturated heterocycles. The largest absolute Gasteiger partial charge is 0.463 e. The fourth-order valence-electron chi connectivity index (χ4n) is 1.90. The fraction of sp³-hybridized carbons (Fsp3) is 0.154. The number of benzene rings is 1. The monoisotopic (exact) mass is 256 g/mol. The Kier molecular flexibility index (Phi) is 2.56. The van der Waals surface area contributed by atoms with Crippen LogP contribution >= 0.6 is 0 Å². The van der Waals surface area contributed by atoms with Crippen LogP contribution in [0.15, 0.2) is 40.0 Å². The molecule has 0 spiro atoms. The maximum absolute atomic E-state index is 12.4. The van der Waals surface area contributed by atoms with Crippen LogP contribution in [-0.2, 0) is 0 Å². The van der Waals surface area contributed by atoms with Crippen molar-refractivity contribution in [2.24, 2.45) is 0 Å². The Morgan fingerprint density at radius 3 is 2.84 bits per heavy atom. The molecule has 0 radical (unpaired) electrons. The van der Waals surface area contributed by atoms with Gasteiger partial charge in [0.2, 0.25) is 5.43 Å². The Labute approximate surface area is 108 Å². The Bertz CT molecular complexity index is 775. The molecule has 0 atom stereocenters. The topological polar surface area (TPSA) is 75.0 Å². The zero-order chi connectivity index (χ0) is 13.4. The molecule has 1 aromatic carbocycles. The van der Waals surface area contributed by atoms with E-state index in [0.717, 1.165) is 5.69 Å². The summed E-state index contributed by atoms with van der Waals surface area (Å²) in [5.41, 5.74) is 1.75. The van der Waals surface area contributed by atoms with Gasteiger partial charge < -0.3 is 9.32 Å². The zero-order valence-corrected chi connectivity index (χ0v) is 10.5. The van der Waals surface area contributed by atoms with Crippen LogP contribution in [0.5, 0.6) is 0 Å². The van der Waals surface area contributed by atoms with Crippen molar-refractivity contribution in [1.82, 2.24) is 15.2 Å². The lowest BCUT2D eigenvalue weighted by Gasteiger charge is -2.12. The summed E-state index contributed by atoms with van der Waals surface area (Å²) in [5, 5.41) is 6.93. The van der Waals surface area contributed by atoms with Gasteiger partial charge in [-0.2, -0.15) is 5.10 Å². The summed E-state index contributed by atoms with van der Waals surface area (Å²) in [4.78, 5) is 18.3. The van der Waals surface area contributed by atoms with Gasteiger partial charge in [0, 0.05) is 19.8 Å². The average Bonchev–Trinajstić information content (AvgIpc) is 2.92. The summed E-state index contributed by atoms with van der Waals surface area (Å²) in [6.45, 7) is 0. The molecule has 1 N–H and O–H groups in total. The van der Waals surface area contributed by atoms with E-state index >= 15 is 0 Å². The molecular weight excluding hydrogens is 244 g/mol. The highest BCUT2D eigenvalue weighted by atomic mass is 16.3. The summed E-state index contributed by atoms with van der Waals surface area (Å²) >= 11 is 0. The summed E-state index contributed by atoms with van der Waals surface area (Å²) in [6.07, 6.45) is 2.76. The first-order chi connectivity index (χ1) is 9.16. The molecular formula is C13H12N4O2. The second-order valence-corrected chi connectivity index (χ2v) is 4.39. The smallest absolute Gasteiger partial charge is 0.203 e. The lowest BCUT2D eigenvalue weighted by molar-refractivity contribution is 0.604. The van der Waals surface area contributed by atoms with Crippen LogP contribution in [0.3, 0.4) is 0 Å². The van der Waals surface area contributed by atoms with Gasteiger partial charge >= 0.3 is 0 Å². The van der Waals surface area contributed by atoms with Crippen molar-refractivity contribution in [3.63, 3.8) is 0 Å². The first kappa shape index (κ1) is 11.5. The number of H-pyrrole nitrogens is 1. The van der Waals surface area contributed by atoms with E-state index in [1.807, 2.05) is 25.1 Å². The third-order valence-corrected chi connectivity index (χ3v) is 2.94. The van der Waals surface area contributed by atoms with Crippen LogP contribution in [0.4, 0.5) is 5.69 Å². The van der Waals surface area contributed by atoms with E-state index in [1.54, 1.807) is 12.1 Å². The van der Waals surface area contributed by atoms with Gasteiger partial charge in [-0.05, 0) is 18.2 Å². The van der Waals surface area contributed by atoms with Crippen molar-refractivity contribution in [1.29, 1.82) is 0 Å². The Morgan fingerprint density at radius 1 is 1.32 bits per heavy atom. The highest BCUT2D eigenvalue weighted by Crippen LogP contribution is 2.21. The molecule has 3 rings (SSSR count). The lowest BCUT2D eigenvalue weighted by Crippen LogP contribution is -2.10. The third-order valence-electron chi connectivity index (χ3n) is 2.94. The number of fused-ring (bicyclic) bond motifs is 1. The molecule has 0 aliphatic carbocycles. The van der Waals surface area contributed by atoms with Gasteiger partial charge in [0.05, 0.1) is 5.39 Å². The van der Waals surface area contributed by atoms with Crippen LogP contribution in [0.25, 0.3) is 22.4 Å². The van der Waals surface area contributed by atoms with Gasteiger partial charge in [-0.15, -0.1) is 0 Å². The van der Waals surface area contributed by atoms with E-state index < -0.39 is 0 Å². The third kappa shape index (κ3) is 1.87. The highest BCUT2D eigenvalue weighted by Gasteiger charge is 2.12. The number of aromatic nitrogens is 3. The minimum atomic E-state index is -0.123. The predicted octanol–water partition coefficient (Wildman–Crippen LogP) is 1.64. The molecule has 19 heavy (non-hydrogen) atoms. The number of hydrogen-bond acceptors (Lipinski definition) is 5. The van der Waals surface area contributed by atoms with Crippen molar-refractivity contribution in [3.05, 3.63) is 41.0 Å². The maximum Gasteiger partial charge on any atom is 0.203 e. The molecule has 2 heterocycles. The number of rotatable bonds is 2. The van der Waals surface area contributed by atoms with Gasteiger partial charge in [0.1, 0.15) is 23.7 Å². The van der Waals surface area contributed by atoms with Crippen LogP contribution in [-0.4, -0.2) is 29.3 Å². The summed E-state index contributed by atoms with van der Waals surface area (Å²) < 4.78 is 5.48. The van der Waals surface area contributed by atoms with E-state index in [1.165, 1.54) is 12.6 Å². The standard InChI is InChI=1S/C13H12N4O2/c1-17(2)8-3-4-11-9(5-8)12(18)10(6-19-11)13-14-7-15-16-13/h3-7H,1-2H3,(H,14,15,16). The van der Waals surface area contributed by atoms with E-state index in [2.05, 4.69) is 15.2 Å². The van der Waals surface area contributed by atoms with Crippen LogP contribution in [0.1, 0.15) is 0 Å². The van der Waals surface area contributed by atoms with Crippen molar-refractivity contribution in [2.45, 2.75) is 0 Å². The Morgan fingerprint density at radius 2 is 2.16 bits per heavy atom. The summed E-state index contributed by atoms with van der Waals surface area (Å²) in [7, 11) is 3.84. The average molecular weight is 256 g/mol. The molecule has 0 bridgehead atoms. The minimum Gasteiger partial charge on any atom is -0.463 e. The molecule has 0 saturated carbocycles. The number of nitrogens with zero attached hydrogens (tertiary/aromatic N) is 3. The molecule has 6 nitrogen and oxygen atoms in total. The molecule has 0 unspecified atom stereocenters. The predicted molar refractivity (Wildman–Crippen MR) is 72.2 cm³/mol. The minimum absolute atomic E-state index is 0.123. The molecule has 6 heteroatoms. The second kappa shape index (κ2) is 4.24. The van der Waals surface area contributed by atoms with Crippen molar-refractivity contribution < 1.29 is 4.42 Å². The number of nitrogens with one attached hydrogen (secondary N) is 1. The van der Waals surface area contributed by atoms with E-state index in [4.69, 9.17) is 4.42 Å².